The molecule has 1 aliphatic heterocycles. The number of imidazole rings is 2. The highest BCUT2D eigenvalue weighted by atomic mass is 32.1. The number of aromatic nitrogens is 4. The van der Waals surface area contributed by atoms with Gasteiger partial charge < -0.3 is 24.6 Å². The van der Waals surface area contributed by atoms with Crippen LogP contribution < -0.4 is 9.64 Å². The topological polar surface area (TPSA) is 99.8 Å². The van der Waals surface area contributed by atoms with Gasteiger partial charge in [-0.05, 0) is 48.6 Å². The first kappa shape index (κ1) is 22.3. The maximum absolute atomic E-state index is 9.23. The van der Waals surface area contributed by atoms with Crippen LogP contribution >= 0.6 is 12.2 Å². The van der Waals surface area contributed by atoms with Gasteiger partial charge in [-0.3, -0.25) is 4.90 Å². The predicted octanol–water partition coefficient (Wildman–Crippen LogP) is 4.84. The number of para-hydroxylation sites is 2. The van der Waals surface area contributed by atoms with Crippen molar-refractivity contribution in [2.45, 2.75) is 0 Å². The molecule has 9 heteroatoms. The van der Waals surface area contributed by atoms with Gasteiger partial charge in [-0.15, -0.1) is 0 Å². The minimum absolute atomic E-state index is 0.604. The monoisotopic (exact) mass is 495 g/mol. The molecule has 5 aromatic rings. The number of piperazine rings is 1. The summed E-state index contributed by atoms with van der Waals surface area (Å²) in [6, 6.07) is 21.9. The summed E-state index contributed by atoms with van der Waals surface area (Å²) in [7, 11) is 0. The summed E-state index contributed by atoms with van der Waals surface area (Å²) in [5.74, 6) is 1.60. The van der Waals surface area contributed by atoms with Crippen molar-refractivity contribution in [1.82, 2.24) is 24.8 Å². The third-order valence-corrected chi connectivity index (χ3v) is 6.85. The molecule has 180 valence electrons. The predicted molar refractivity (Wildman–Crippen MR) is 144 cm³/mol. The quantitative estimate of drug-likeness (QED) is 0.292. The van der Waals surface area contributed by atoms with E-state index in [0.29, 0.717) is 16.9 Å². The van der Waals surface area contributed by atoms with Crippen LogP contribution in [0.1, 0.15) is 5.56 Å². The van der Waals surface area contributed by atoms with E-state index in [4.69, 9.17) is 21.9 Å². The van der Waals surface area contributed by atoms with Crippen LogP contribution in [0, 0.1) is 16.1 Å². The minimum atomic E-state index is 0.604. The van der Waals surface area contributed by atoms with E-state index >= 15 is 0 Å². The molecule has 1 fully saturated rings. The second-order valence-corrected chi connectivity index (χ2v) is 9.29. The fourth-order valence-electron chi connectivity index (χ4n) is 4.79. The van der Waals surface area contributed by atoms with Gasteiger partial charge in [0.2, 0.25) is 0 Å². The molecule has 8 nitrogen and oxygen atoms in total. The zero-order valence-electron chi connectivity index (χ0n) is 19.6. The van der Waals surface area contributed by atoms with E-state index in [1.807, 2.05) is 36.4 Å². The van der Waals surface area contributed by atoms with Crippen molar-refractivity contribution in [2.24, 2.45) is 0 Å². The highest BCUT2D eigenvalue weighted by Gasteiger charge is 2.20. The molecule has 0 atom stereocenters. The molecule has 0 spiro atoms. The van der Waals surface area contributed by atoms with Crippen LogP contribution in [0.25, 0.3) is 33.5 Å². The second kappa shape index (κ2) is 9.49. The zero-order chi connectivity index (χ0) is 24.5. The molecule has 1 saturated heterocycles. The van der Waals surface area contributed by atoms with Crippen LogP contribution in [0.5, 0.6) is 5.75 Å². The Morgan fingerprint density at radius 1 is 0.944 bits per heavy atom. The Morgan fingerprint density at radius 3 is 2.61 bits per heavy atom. The molecule has 2 aromatic heterocycles. The third kappa shape index (κ3) is 4.33. The van der Waals surface area contributed by atoms with E-state index < -0.39 is 0 Å². The smallest absolute Gasteiger partial charge is 0.175 e. The summed E-state index contributed by atoms with van der Waals surface area (Å²) in [5.41, 5.74) is 6.51. The van der Waals surface area contributed by atoms with Crippen molar-refractivity contribution >= 4 is 40.0 Å². The highest BCUT2D eigenvalue weighted by Crippen LogP contribution is 2.29. The Balaban J connectivity index is 1.11. The van der Waals surface area contributed by atoms with Gasteiger partial charge in [0.1, 0.15) is 29.2 Å². The first-order chi connectivity index (χ1) is 17.7. The molecule has 3 heterocycles. The van der Waals surface area contributed by atoms with Crippen LogP contribution in [-0.2, 0) is 0 Å². The molecule has 0 bridgehead atoms. The molecule has 36 heavy (non-hydrogen) atoms. The van der Waals surface area contributed by atoms with Gasteiger partial charge in [-0.1, -0.05) is 24.3 Å². The van der Waals surface area contributed by atoms with Crippen LogP contribution in [0.4, 0.5) is 5.69 Å². The van der Waals surface area contributed by atoms with Crippen LogP contribution in [0.15, 0.2) is 60.7 Å². The van der Waals surface area contributed by atoms with Crippen molar-refractivity contribution < 1.29 is 4.74 Å². The van der Waals surface area contributed by atoms with E-state index in [0.717, 1.165) is 77.6 Å². The number of fused-ring (bicyclic) bond motifs is 2. The molecule has 1 aliphatic rings. The van der Waals surface area contributed by atoms with E-state index in [-0.39, 0.29) is 0 Å². The summed E-state index contributed by atoms with van der Waals surface area (Å²) in [5, 5.41) is 9.23. The molecule has 0 saturated carbocycles. The normalized spacial score (nSPS) is 14.4. The summed E-state index contributed by atoms with van der Waals surface area (Å²) in [4.78, 5) is 19.5. The molecule has 3 aromatic carbocycles. The van der Waals surface area contributed by atoms with Gasteiger partial charge >= 0.3 is 0 Å². The second-order valence-electron chi connectivity index (χ2n) is 8.89. The van der Waals surface area contributed by atoms with Crippen LogP contribution in [-0.4, -0.2) is 64.2 Å². The summed E-state index contributed by atoms with van der Waals surface area (Å²) in [6.07, 6.45) is 0. The maximum atomic E-state index is 9.23. The number of H-pyrrole nitrogens is 3. The number of ether oxygens (including phenoxy) is 1. The lowest BCUT2D eigenvalue weighted by atomic mass is 10.1. The Bertz CT molecular complexity index is 1640. The van der Waals surface area contributed by atoms with E-state index in [2.05, 4.69) is 49.0 Å². The Hall–Kier alpha value is -4.13. The molecular weight excluding hydrogens is 470 g/mol. The Kier molecular flexibility index (Phi) is 5.89. The number of hydrogen-bond acceptors (Lipinski definition) is 6. The number of nitrogens with one attached hydrogen (secondary N) is 3. The third-order valence-electron chi connectivity index (χ3n) is 6.65. The Labute approximate surface area is 213 Å². The average molecular weight is 496 g/mol. The average Bonchev–Trinajstić information content (AvgIpc) is 3.52. The standard InChI is InChI=1S/C27H25N7OS/c28-17-18-4-1-5-19(16-18)26-29-20-6-2-8-22(24(20)31-26)34-12-10-33(11-13-34)14-15-35-23-9-3-7-21-25(23)32-27(36)30-21/h1-9,16H,10-15H2,(H,29,31)(H2,30,32,36). The molecule has 0 amide bonds. The molecule has 0 unspecified atom stereocenters. The fourth-order valence-corrected chi connectivity index (χ4v) is 5.01. The van der Waals surface area contributed by atoms with Gasteiger partial charge in [0.25, 0.3) is 0 Å². The lowest BCUT2D eigenvalue weighted by Crippen LogP contribution is -2.47. The first-order valence-electron chi connectivity index (χ1n) is 12.0. The van der Waals surface area contributed by atoms with Crippen molar-refractivity contribution in [3.63, 3.8) is 0 Å². The lowest BCUT2D eigenvalue weighted by Gasteiger charge is -2.36. The molecule has 0 aliphatic carbocycles. The summed E-state index contributed by atoms with van der Waals surface area (Å²) < 4.78 is 6.68. The van der Waals surface area contributed by atoms with Crippen LogP contribution in [0.3, 0.4) is 0 Å². The van der Waals surface area contributed by atoms with Crippen LogP contribution in [0.2, 0.25) is 0 Å². The van der Waals surface area contributed by atoms with Crippen molar-refractivity contribution in [1.29, 1.82) is 5.26 Å². The fraction of sp³-hybridized carbons (Fsp3) is 0.222. The number of benzene rings is 3. The van der Waals surface area contributed by atoms with Crippen molar-refractivity contribution in [3.05, 3.63) is 71.0 Å². The van der Waals surface area contributed by atoms with Gasteiger partial charge in [-0.2, -0.15) is 5.26 Å². The SMILES string of the molecule is N#Cc1cccc(-c2nc3c(N4CCN(CCOc5cccc6[nH]c(=S)[nH]c56)CC4)cccc3[nH]2)c1. The highest BCUT2D eigenvalue weighted by molar-refractivity contribution is 7.71. The van der Waals surface area contributed by atoms with Gasteiger partial charge in [0.05, 0.1) is 28.4 Å². The summed E-state index contributed by atoms with van der Waals surface area (Å²) >= 11 is 5.21. The number of nitrogens with zero attached hydrogens (tertiary/aromatic N) is 4. The lowest BCUT2D eigenvalue weighted by molar-refractivity contribution is 0.201. The van der Waals surface area contributed by atoms with E-state index in [1.165, 1.54) is 0 Å². The van der Waals surface area contributed by atoms with Gasteiger partial charge in [0, 0.05) is 38.3 Å². The van der Waals surface area contributed by atoms with Gasteiger partial charge in [-0.25, -0.2) is 4.98 Å². The number of aromatic amines is 3. The largest absolute Gasteiger partial charge is 0.490 e. The zero-order valence-corrected chi connectivity index (χ0v) is 20.4. The van der Waals surface area contributed by atoms with Crippen molar-refractivity contribution in [2.75, 3.05) is 44.2 Å². The first-order valence-corrected chi connectivity index (χ1v) is 12.4. The Morgan fingerprint density at radius 2 is 1.75 bits per heavy atom. The van der Waals surface area contributed by atoms with E-state index in [9.17, 15) is 5.26 Å². The van der Waals surface area contributed by atoms with E-state index in [1.54, 1.807) is 6.07 Å². The molecule has 3 N–H and O–H groups in total. The van der Waals surface area contributed by atoms with Crippen molar-refractivity contribution in [3.8, 4) is 23.2 Å². The molecule has 0 radical (unpaired) electrons. The number of hydrogen-bond donors (Lipinski definition) is 3. The number of nitriles is 1. The summed E-state index contributed by atoms with van der Waals surface area (Å²) in [6.45, 7) is 5.24. The number of rotatable bonds is 6. The molecule has 6 rings (SSSR count). The molecular formula is C27H25N7OS. The number of anilines is 1. The van der Waals surface area contributed by atoms with Gasteiger partial charge in [0.15, 0.2) is 4.77 Å². The minimum Gasteiger partial charge on any atom is -0.490 e. The maximum Gasteiger partial charge on any atom is 0.175 e.